The van der Waals surface area contributed by atoms with Crippen LogP contribution in [0.25, 0.3) is 22.4 Å². The summed E-state index contributed by atoms with van der Waals surface area (Å²) in [5.41, 5.74) is 1.58. The van der Waals surface area contributed by atoms with Crippen molar-refractivity contribution in [2.45, 2.75) is 38.2 Å². The second-order valence-corrected chi connectivity index (χ2v) is 10.3. The van der Waals surface area contributed by atoms with E-state index in [0.717, 1.165) is 24.7 Å². The quantitative estimate of drug-likeness (QED) is 0.516. The first-order valence-electron chi connectivity index (χ1n) is 10.7. The van der Waals surface area contributed by atoms with Crippen LogP contribution < -0.4 is 9.62 Å². The van der Waals surface area contributed by atoms with E-state index in [1.165, 1.54) is 35.6 Å². The van der Waals surface area contributed by atoms with E-state index in [9.17, 15) is 22.7 Å². The van der Waals surface area contributed by atoms with Crippen molar-refractivity contribution >= 4 is 32.8 Å². The monoisotopic (exact) mass is 475 g/mol. The number of nitrogens with one attached hydrogen (secondary N) is 1. The fourth-order valence-electron chi connectivity index (χ4n) is 3.81. The number of halogens is 1. The van der Waals surface area contributed by atoms with Gasteiger partial charge in [0.1, 0.15) is 17.4 Å². The molecular weight excluding hydrogens is 449 g/mol. The summed E-state index contributed by atoms with van der Waals surface area (Å²) in [6.07, 6.45) is 2.41. The van der Waals surface area contributed by atoms with Crippen LogP contribution in [0.2, 0.25) is 0 Å². The topological polar surface area (TPSA) is 113 Å². The van der Waals surface area contributed by atoms with Crippen LogP contribution in [0, 0.1) is 5.82 Å². The van der Waals surface area contributed by atoms with Crippen molar-refractivity contribution < 1.29 is 27.1 Å². The van der Waals surface area contributed by atoms with Gasteiger partial charge in [-0.15, -0.1) is 0 Å². The third-order valence-electron chi connectivity index (χ3n) is 5.66. The van der Waals surface area contributed by atoms with Crippen LogP contribution in [0.3, 0.4) is 0 Å². The Morgan fingerprint density at radius 1 is 1.33 bits per heavy atom. The summed E-state index contributed by atoms with van der Waals surface area (Å²) in [6.45, 7) is 1.65. The van der Waals surface area contributed by atoms with E-state index in [1.54, 1.807) is 13.0 Å². The standard InChI is InChI=1S/C23H26FN3O5S/c1-13(28)10-11-27(33(3,30)31)21-17(14-4-5-14)12-18-19(22(29)25-2)20(32-23(18)26-21)15-6-8-16(24)9-7-15/h6-9,12-14,28H,4-5,10-11H2,1-3H3,(H,25,29). The zero-order chi connectivity index (χ0) is 23.9. The molecule has 0 saturated heterocycles. The molecule has 2 heterocycles. The molecule has 2 aromatic heterocycles. The Morgan fingerprint density at radius 3 is 2.55 bits per heavy atom. The molecule has 1 fully saturated rings. The Balaban J connectivity index is 1.95. The van der Waals surface area contributed by atoms with Crippen LogP contribution in [0.15, 0.2) is 34.7 Å². The second-order valence-electron chi connectivity index (χ2n) is 8.39. The van der Waals surface area contributed by atoms with Gasteiger partial charge in [-0.2, -0.15) is 4.98 Å². The number of aliphatic hydroxyl groups excluding tert-OH is 1. The summed E-state index contributed by atoms with van der Waals surface area (Å²) in [6, 6.07) is 7.33. The number of sulfonamides is 1. The first-order chi connectivity index (χ1) is 15.6. The highest BCUT2D eigenvalue weighted by molar-refractivity contribution is 7.92. The molecule has 0 bridgehead atoms. The third-order valence-corrected chi connectivity index (χ3v) is 6.81. The average Bonchev–Trinajstić information content (AvgIpc) is 3.53. The van der Waals surface area contributed by atoms with Gasteiger partial charge in [0.05, 0.1) is 23.3 Å². The summed E-state index contributed by atoms with van der Waals surface area (Å²) in [5.74, 6) is -0.218. The molecular formula is C23H26FN3O5S. The van der Waals surface area contributed by atoms with Crippen LogP contribution in [-0.4, -0.2) is 50.4 Å². The maximum absolute atomic E-state index is 13.5. The normalized spacial score (nSPS) is 14.9. The van der Waals surface area contributed by atoms with E-state index in [4.69, 9.17) is 4.42 Å². The van der Waals surface area contributed by atoms with Gasteiger partial charge in [0, 0.05) is 19.2 Å². The van der Waals surface area contributed by atoms with Gasteiger partial charge in [0.25, 0.3) is 5.91 Å². The molecule has 33 heavy (non-hydrogen) atoms. The van der Waals surface area contributed by atoms with Gasteiger partial charge in [0.2, 0.25) is 15.7 Å². The van der Waals surface area contributed by atoms with Gasteiger partial charge >= 0.3 is 0 Å². The molecule has 8 nitrogen and oxygen atoms in total. The SMILES string of the molecule is CNC(=O)c1c(-c2ccc(F)cc2)oc2nc(N(CCC(C)O)S(C)(=O)=O)c(C3CC3)cc12. The molecule has 4 rings (SSSR count). The second kappa shape index (κ2) is 8.75. The number of hydrogen-bond donors (Lipinski definition) is 2. The summed E-state index contributed by atoms with van der Waals surface area (Å²) in [7, 11) is -2.19. The molecule has 0 radical (unpaired) electrons. The van der Waals surface area contributed by atoms with Crippen molar-refractivity contribution in [2.75, 3.05) is 24.2 Å². The Morgan fingerprint density at radius 2 is 2.00 bits per heavy atom. The molecule has 1 aliphatic carbocycles. The predicted molar refractivity (Wildman–Crippen MR) is 123 cm³/mol. The maximum atomic E-state index is 13.5. The lowest BCUT2D eigenvalue weighted by atomic mass is 10.0. The fraction of sp³-hybridized carbons (Fsp3) is 0.391. The Hall–Kier alpha value is -2.98. The molecule has 1 saturated carbocycles. The average molecular weight is 476 g/mol. The minimum Gasteiger partial charge on any atom is -0.437 e. The zero-order valence-corrected chi connectivity index (χ0v) is 19.4. The molecule has 0 aliphatic heterocycles. The van der Waals surface area contributed by atoms with E-state index in [-0.39, 0.29) is 41.7 Å². The van der Waals surface area contributed by atoms with Crippen molar-refractivity contribution in [1.29, 1.82) is 0 Å². The van der Waals surface area contributed by atoms with Crippen molar-refractivity contribution in [2.24, 2.45) is 0 Å². The van der Waals surface area contributed by atoms with Gasteiger partial charge in [0.15, 0.2) is 0 Å². The van der Waals surface area contributed by atoms with Crippen molar-refractivity contribution in [3.8, 4) is 11.3 Å². The molecule has 1 aromatic carbocycles. The van der Waals surface area contributed by atoms with Crippen LogP contribution in [0.1, 0.15) is 48.0 Å². The van der Waals surface area contributed by atoms with Gasteiger partial charge in [-0.3, -0.25) is 9.10 Å². The maximum Gasteiger partial charge on any atom is 0.255 e. The number of benzene rings is 1. The van der Waals surface area contributed by atoms with E-state index in [0.29, 0.717) is 10.9 Å². The number of anilines is 1. The highest BCUT2D eigenvalue weighted by atomic mass is 32.2. The Kier molecular flexibility index (Phi) is 6.15. The molecule has 1 atom stereocenters. The number of pyridine rings is 1. The molecule has 10 heteroatoms. The predicted octanol–water partition coefficient (Wildman–Crippen LogP) is 3.41. The molecule has 1 aliphatic rings. The lowest BCUT2D eigenvalue weighted by molar-refractivity contribution is 0.0964. The van der Waals surface area contributed by atoms with E-state index >= 15 is 0 Å². The molecule has 3 aromatic rings. The van der Waals surface area contributed by atoms with E-state index in [2.05, 4.69) is 10.3 Å². The van der Waals surface area contributed by atoms with Crippen molar-refractivity contribution in [3.05, 3.63) is 47.3 Å². The van der Waals surface area contributed by atoms with Crippen molar-refractivity contribution in [3.63, 3.8) is 0 Å². The third kappa shape index (κ3) is 4.72. The molecule has 1 amide bonds. The van der Waals surface area contributed by atoms with Crippen LogP contribution in [0.5, 0.6) is 0 Å². The Labute approximate surface area is 191 Å². The van der Waals surface area contributed by atoms with Gasteiger partial charge in [-0.1, -0.05) is 0 Å². The zero-order valence-electron chi connectivity index (χ0n) is 18.6. The first kappa shape index (κ1) is 23.2. The van der Waals surface area contributed by atoms with Gasteiger partial charge in [-0.05, 0) is 68.0 Å². The van der Waals surface area contributed by atoms with E-state index < -0.39 is 27.9 Å². The number of nitrogens with zero attached hydrogens (tertiary/aromatic N) is 2. The molecule has 2 N–H and O–H groups in total. The number of fused-ring (bicyclic) bond motifs is 1. The lowest BCUT2D eigenvalue weighted by Crippen LogP contribution is -2.34. The molecule has 0 spiro atoms. The smallest absolute Gasteiger partial charge is 0.255 e. The minimum atomic E-state index is -3.69. The number of carbonyl (C=O) groups excluding carboxylic acids is 1. The highest BCUT2D eigenvalue weighted by Gasteiger charge is 2.34. The molecule has 1 unspecified atom stereocenters. The first-order valence-corrected chi connectivity index (χ1v) is 12.6. The summed E-state index contributed by atoms with van der Waals surface area (Å²) < 4.78 is 45.9. The minimum absolute atomic E-state index is 0.0581. The van der Waals surface area contributed by atoms with Crippen LogP contribution in [0.4, 0.5) is 10.2 Å². The van der Waals surface area contributed by atoms with Crippen LogP contribution in [-0.2, 0) is 10.0 Å². The van der Waals surface area contributed by atoms with Crippen LogP contribution >= 0.6 is 0 Å². The lowest BCUT2D eigenvalue weighted by Gasteiger charge is -2.24. The Bertz CT molecular complexity index is 1300. The number of hydrogen-bond acceptors (Lipinski definition) is 6. The number of rotatable bonds is 8. The number of aliphatic hydroxyl groups is 1. The summed E-state index contributed by atoms with van der Waals surface area (Å²) in [4.78, 5) is 17.4. The highest BCUT2D eigenvalue weighted by Crippen LogP contribution is 2.46. The fourth-order valence-corrected chi connectivity index (χ4v) is 4.71. The summed E-state index contributed by atoms with van der Waals surface area (Å²) in [5, 5.41) is 12.8. The molecule has 176 valence electrons. The van der Waals surface area contributed by atoms with Crippen molar-refractivity contribution in [1.82, 2.24) is 10.3 Å². The number of furan rings is 1. The largest absolute Gasteiger partial charge is 0.437 e. The number of aromatic nitrogens is 1. The number of carbonyl (C=O) groups is 1. The summed E-state index contributed by atoms with van der Waals surface area (Å²) >= 11 is 0. The van der Waals surface area contributed by atoms with Gasteiger partial charge in [-0.25, -0.2) is 12.8 Å². The number of amides is 1. The van der Waals surface area contributed by atoms with E-state index in [1.807, 2.05) is 0 Å². The van der Waals surface area contributed by atoms with Gasteiger partial charge < -0.3 is 14.8 Å².